The zero-order valence-corrected chi connectivity index (χ0v) is 16.8. The van der Waals surface area contributed by atoms with Crippen LogP contribution in [0, 0.1) is 19.8 Å². The van der Waals surface area contributed by atoms with Crippen molar-refractivity contribution in [2.45, 2.75) is 31.8 Å². The molecule has 2 aromatic carbocycles. The van der Waals surface area contributed by atoms with Crippen molar-refractivity contribution in [1.29, 1.82) is 0 Å². The number of hydrogen-bond donors (Lipinski definition) is 2. The molecule has 3 aliphatic heterocycles. The molecule has 2 N–H and O–H groups in total. The lowest BCUT2D eigenvalue weighted by atomic mass is 9.79. The van der Waals surface area contributed by atoms with Crippen LogP contribution in [0.2, 0.25) is 0 Å². The van der Waals surface area contributed by atoms with Crippen molar-refractivity contribution in [3.63, 3.8) is 0 Å². The Kier molecular flexibility index (Phi) is 4.03. The number of fused-ring (bicyclic) bond motifs is 4. The van der Waals surface area contributed by atoms with Gasteiger partial charge in [0.05, 0.1) is 5.92 Å². The van der Waals surface area contributed by atoms with E-state index in [-0.39, 0.29) is 17.9 Å². The molecule has 144 valence electrons. The first-order chi connectivity index (χ1) is 13.5. The van der Waals surface area contributed by atoms with Crippen molar-refractivity contribution >= 4 is 35.0 Å². The molecule has 0 aromatic heterocycles. The zero-order chi connectivity index (χ0) is 19.5. The first kappa shape index (κ1) is 17.8. The molecular weight excluding hydrogens is 370 g/mol. The van der Waals surface area contributed by atoms with E-state index >= 15 is 0 Å². The van der Waals surface area contributed by atoms with Gasteiger partial charge in [0.2, 0.25) is 11.8 Å². The molecule has 3 atom stereocenters. The predicted octanol–water partition coefficient (Wildman–Crippen LogP) is 3.48. The van der Waals surface area contributed by atoms with E-state index in [2.05, 4.69) is 21.6 Å². The summed E-state index contributed by atoms with van der Waals surface area (Å²) in [7, 11) is 0. The molecule has 2 amide bonds. The number of anilines is 2. The van der Waals surface area contributed by atoms with E-state index < -0.39 is 11.5 Å². The van der Waals surface area contributed by atoms with E-state index in [0.717, 1.165) is 39.7 Å². The number of nitrogens with zero attached hydrogens (tertiary/aromatic N) is 1. The fraction of sp³-hybridized carbons (Fsp3) is 0.364. The van der Waals surface area contributed by atoms with Gasteiger partial charge in [-0.15, -0.1) is 11.8 Å². The molecule has 2 fully saturated rings. The van der Waals surface area contributed by atoms with Crippen LogP contribution in [-0.4, -0.2) is 34.4 Å². The largest absolute Gasteiger partial charge is 0.326 e. The molecule has 5 rings (SSSR count). The average Bonchev–Trinajstić information content (AvgIpc) is 3.29. The van der Waals surface area contributed by atoms with Crippen LogP contribution >= 0.6 is 11.8 Å². The van der Waals surface area contributed by atoms with Gasteiger partial charge in [-0.05, 0) is 49.6 Å². The maximum Gasteiger partial charge on any atom is 0.250 e. The van der Waals surface area contributed by atoms with Crippen molar-refractivity contribution in [1.82, 2.24) is 4.90 Å². The summed E-state index contributed by atoms with van der Waals surface area (Å²) in [5.41, 5.74) is 3.87. The molecule has 3 aliphatic rings. The lowest BCUT2D eigenvalue weighted by molar-refractivity contribution is -0.134. The molecule has 0 saturated carbocycles. The van der Waals surface area contributed by atoms with Crippen LogP contribution in [0.4, 0.5) is 11.4 Å². The number of rotatable bonds is 2. The monoisotopic (exact) mass is 393 g/mol. The zero-order valence-electron chi connectivity index (χ0n) is 16.0. The summed E-state index contributed by atoms with van der Waals surface area (Å²) in [6, 6.07) is 14.1. The van der Waals surface area contributed by atoms with Crippen LogP contribution in [0.25, 0.3) is 0 Å². The van der Waals surface area contributed by atoms with Gasteiger partial charge in [-0.3, -0.25) is 14.5 Å². The van der Waals surface area contributed by atoms with E-state index in [1.165, 1.54) is 0 Å². The standard InChI is InChI=1S/C22H23N3O2S/c1-13-7-14(2)9-15(8-13)23-20(26)18-10-16-11-28-12-25(16)22(18)17-5-3-4-6-19(17)24-21(22)27/h3-9,16,18H,10-12H2,1-2H3,(H,23,26)(H,24,27). The summed E-state index contributed by atoms with van der Waals surface area (Å²) in [5, 5.41) is 6.14. The number of para-hydroxylation sites is 1. The van der Waals surface area contributed by atoms with E-state index in [1.807, 2.05) is 62.0 Å². The molecule has 5 nitrogen and oxygen atoms in total. The van der Waals surface area contributed by atoms with Crippen molar-refractivity contribution in [3.8, 4) is 0 Å². The molecule has 0 bridgehead atoms. The molecule has 2 saturated heterocycles. The molecule has 1 spiro atoms. The molecule has 0 radical (unpaired) electrons. The Labute approximate surface area is 168 Å². The van der Waals surface area contributed by atoms with Crippen molar-refractivity contribution in [2.75, 3.05) is 22.3 Å². The van der Waals surface area contributed by atoms with E-state index in [0.29, 0.717) is 6.42 Å². The number of hydrogen-bond acceptors (Lipinski definition) is 4. The van der Waals surface area contributed by atoms with Crippen LogP contribution in [-0.2, 0) is 15.1 Å². The second-order valence-electron chi connectivity index (χ2n) is 8.04. The highest BCUT2D eigenvalue weighted by molar-refractivity contribution is 7.99. The smallest absolute Gasteiger partial charge is 0.250 e. The summed E-state index contributed by atoms with van der Waals surface area (Å²) < 4.78 is 0. The average molecular weight is 394 g/mol. The highest BCUT2D eigenvalue weighted by Gasteiger charge is 2.65. The highest BCUT2D eigenvalue weighted by Crippen LogP contribution is 2.55. The second kappa shape index (κ2) is 6.36. The molecule has 28 heavy (non-hydrogen) atoms. The van der Waals surface area contributed by atoms with E-state index in [9.17, 15) is 9.59 Å². The van der Waals surface area contributed by atoms with Gasteiger partial charge < -0.3 is 10.6 Å². The third-order valence-corrected chi connectivity index (χ3v) is 7.27. The van der Waals surface area contributed by atoms with Gasteiger partial charge in [0, 0.05) is 34.6 Å². The minimum absolute atomic E-state index is 0.0701. The third-order valence-electron chi connectivity index (χ3n) is 6.18. The number of carbonyl (C=O) groups is 2. The Bertz CT molecular complexity index is 971. The number of aryl methyl sites for hydroxylation is 2. The molecule has 3 unspecified atom stereocenters. The maximum atomic E-state index is 13.5. The first-order valence-electron chi connectivity index (χ1n) is 9.65. The first-order valence-corrected chi connectivity index (χ1v) is 10.8. The minimum atomic E-state index is -0.909. The molecule has 0 aliphatic carbocycles. The Hall–Kier alpha value is -2.31. The maximum absolute atomic E-state index is 13.5. The lowest BCUT2D eigenvalue weighted by Crippen LogP contribution is -2.53. The van der Waals surface area contributed by atoms with Crippen LogP contribution in [0.5, 0.6) is 0 Å². The third kappa shape index (κ3) is 2.44. The topological polar surface area (TPSA) is 61.4 Å². The molecular formula is C22H23N3O2S. The van der Waals surface area contributed by atoms with Crippen molar-refractivity contribution in [2.24, 2.45) is 5.92 Å². The van der Waals surface area contributed by atoms with Gasteiger partial charge in [0.25, 0.3) is 0 Å². The normalized spacial score (nSPS) is 28.3. The Balaban J connectivity index is 1.57. The minimum Gasteiger partial charge on any atom is -0.326 e. The van der Waals surface area contributed by atoms with Gasteiger partial charge in [0.1, 0.15) is 5.54 Å². The molecule has 2 aromatic rings. The Morgan fingerprint density at radius 2 is 1.96 bits per heavy atom. The summed E-state index contributed by atoms with van der Waals surface area (Å²) >= 11 is 1.84. The second-order valence-corrected chi connectivity index (χ2v) is 9.04. The van der Waals surface area contributed by atoms with Crippen molar-refractivity contribution in [3.05, 3.63) is 59.2 Å². The lowest BCUT2D eigenvalue weighted by Gasteiger charge is -2.36. The summed E-state index contributed by atoms with van der Waals surface area (Å²) in [6.45, 7) is 4.04. The SMILES string of the molecule is Cc1cc(C)cc(NC(=O)C2CC3CSCN3C23C(=O)Nc2ccccc23)c1. The van der Waals surface area contributed by atoms with Crippen LogP contribution in [0.3, 0.4) is 0 Å². The fourth-order valence-corrected chi connectivity index (χ4v) is 6.48. The van der Waals surface area contributed by atoms with Crippen molar-refractivity contribution < 1.29 is 9.59 Å². The molecule has 3 heterocycles. The van der Waals surface area contributed by atoms with Gasteiger partial charge in [-0.25, -0.2) is 0 Å². The van der Waals surface area contributed by atoms with Crippen LogP contribution in [0.1, 0.15) is 23.1 Å². The number of carbonyl (C=O) groups excluding carboxylic acids is 2. The quantitative estimate of drug-likeness (QED) is 0.820. The summed E-state index contributed by atoms with van der Waals surface area (Å²) in [5.74, 6) is 1.18. The van der Waals surface area contributed by atoms with Gasteiger partial charge in [-0.2, -0.15) is 0 Å². The van der Waals surface area contributed by atoms with Crippen LogP contribution < -0.4 is 10.6 Å². The number of amides is 2. The van der Waals surface area contributed by atoms with Crippen LogP contribution in [0.15, 0.2) is 42.5 Å². The highest BCUT2D eigenvalue weighted by atomic mass is 32.2. The Morgan fingerprint density at radius 1 is 1.21 bits per heavy atom. The Morgan fingerprint density at radius 3 is 2.75 bits per heavy atom. The molecule has 6 heteroatoms. The van der Waals surface area contributed by atoms with E-state index in [1.54, 1.807) is 0 Å². The number of thioether (sulfide) groups is 1. The predicted molar refractivity (Wildman–Crippen MR) is 112 cm³/mol. The van der Waals surface area contributed by atoms with Gasteiger partial charge in [-0.1, -0.05) is 24.3 Å². The summed E-state index contributed by atoms with van der Waals surface area (Å²) in [6.07, 6.45) is 0.700. The van der Waals surface area contributed by atoms with Gasteiger partial charge >= 0.3 is 0 Å². The number of nitrogens with one attached hydrogen (secondary N) is 2. The van der Waals surface area contributed by atoms with E-state index in [4.69, 9.17) is 0 Å². The number of benzene rings is 2. The fourth-order valence-electron chi connectivity index (χ4n) is 5.18. The van der Waals surface area contributed by atoms with Gasteiger partial charge in [0.15, 0.2) is 0 Å². The summed E-state index contributed by atoms with van der Waals surface area (Å²) in [4.78, 5) is 29.0.